The molecule has 0 aromatic heterocycles. The van der Waals surface area contributed by atoms with Crippen LogP contribution in [0.2, 0.25) is 0 Å². The number of ketones is 1. The maximum atomic E-state index is 12.0. The highest BCUT2D eigenvalue weighted by Crippen LogP contribution is 2.57. The number of rotatable bonds is 2. The third kappa shape index (κ3) is 2.32. The minimum absolute atomic E-state index is 0.113. The number of fused-ring (bicyclic) bond motifs is 5. The molecule has 0 saturated heterocycles. The van der Waals surface area contributed by atoms with Crippen molar-refractivity contribution in [1.29, 1.82) is 0 Å². The van der Waals surface area contributed by atoms with Crippen LogP contribution < -0.4 is 4.74 Å². The SMILES string of the molecule is COc1ccc2c(c1)CC[C@H]1[C@@H]3CC(O)[C@H](C(C)=O)[C@H]3CC[C@H]21. The Balaban J connectivity index is 1.64. The number of aliphatic hydroxyl groups excluding tert-OH is 1. The average molecular weight is 314 g/mol. The number of carbonyl (C=O) groups excluding carboxylic acids is 1. The quantitative estimate of drug-likeness (QED) is 0.911. The van der Waals surface area contributed by atoms with E-state index < -0.39 is 6.10 Å². The summed E-state index contributed by atoms with van der Waals surface area (Å²) in [6, 6.07) is 6.52. The average Bonchev–Trinajstić information content (AvgIpc) is 2.90. The van der Waals surface area contributed by atoms with Crippen molar-refractivity contribution in [2.24, 2.45) is 23.7 Å². The second-order valence-corrected chi connectivity index (χ2v) is 7.72. The molecule has 4 rings (SSSR count). The third-order valence-electron chi connectivity index (χ3n) is 6.78. The molecular formula is C20H26O3. The van der Waals surface area contributed by atoms with Crippen molar-refractivity contribution in [1.82, 2.24) is 0 Å². The van der Waals surface area contributed by atoms with Gasteiger partial charge in [-0.1, -0.05) is 6.07 Å². The summed E-state index contributed by atoms with van der Waals surface area (Å²) < 4.78 is 5.37. The van der Waals surface area contributed by atoms with E-state index in [1.54, 1.807) is 14.0 Å². The van der Waals surface area contributed by atoms with Crippen LogP contribution in [0.5, 0.6) is 5.75 Å². The molecular weight excluding hydrogens is 288 g/mol. The van der Waals surface area contributed by atoms with Gasteiger partial charge in [0.05, 0.1) is 13.2 Å². The van der Waals surface area contributed by atoms with Gasteiger partial charge in [0.1, 0.15) is 11.5 Å². The summed E-state index contributed by atoms with van der Waals surface area (Å²) in [5.41, 5.74) is 2.92. The van der Waals surface area contributed by atoms with Gasteiger partial charge in [-0.15, -0.1) is 0 Å². The molecule has 0 spiro atoms. The Morgan fingerprint density at radius 2 is 2.00 bits per heavy atom. The number of hydrogen-bond donors (Lipinski definition) is 1. The summed E-state index contributed by atoms with van der Waals surface area (Å²) in [4.78, 5) is 12.0. The predicted molar refractivity (Wildman–Crippen MR) is 88.6 cm³/mol. The molecule has 6 atom stereocenters. The van der Waals surface area contributed by atoms with Gasteiger partial charge < -0.3 is 9.84 Å². The Bertz CT molecular complexity index is 623. The number of methoxy groups -OCH3 is 1. The van der Waals surface area contributed by atoms with E-state index >= 15 is 0 Å². The molecule has 3 aliphatic carbocycles. The minimum Gasteiger partial charge on any atom is -0.497 e. The Morgan fingerprint density at radius 1 is 1.17 bits per heavy atom. The fourth-order valence-corrected chi connectivity index (χ4v) is 5.91. The van der Waals surface area contributed by atoms with Crippen molar-refractivity contribution in [2.45, 2.75) is 51.0 Å². The number of hydrogen-bond acceptors (Lipinski definition) is 3. The summed E-state index contributed by atoms with van der Waals surface area (Å²) in [5.74, 6) is 3.18. The molecule has 1 N–H and O–H groups in total. The standard InChI is InChI=1S/C20H26O3/c1-11(21)20-17-8-7-15-14-6-4-13(23-2)9-12(14)3-5-16(15)18(17)10-19(20)22/h4,6,9,15-20,22H,3,5,7-8,10H2,1-2H3/t15-,16-,17+,18+,19?,20-/m1/s1. The van der Waals surface area contributed by atoms with E-state index in [0.29, 0.717) is 23.7 Å². The highest BCUT2D eigenvalue weighted by atomic mass is 16.5. The van der Waals surface area contributed by atoms with Crippen molar-refractivity contribution >= 4 is 5.78 Å². The van der Waals surface area contributed by atoms with Gasteiger partial charge in [-0.2, -0.15) is 0 Å². The Labute approximate surface area is 138 Å². The fourth-order valence-electron chi connectivity index (χ4n) is 5.91. The molecule has 3 heteroatoms. The normalized spacial score (nSPS) is 38.4. The Kier molecular flexibility index (Phi) is 3.72. The molecule has 0 amide bonds. The van der Waals surface area contributed by atoms with Crippen LogP contribution in [0.3, 0.4) is 0 Å². The molecule has 1 aromatic rings. The summed E-state index contributed by atoms with van der Waals surface area (Å²) in [7, 11) is 1.72. The highest BCUT2D eigenvalue weighted by molar-refractivity contribution is 5.79. The lowest BCUT2D eigenvalue weighted by molar-refractivity contribution is -0.125. The maximum absolute atomic E-state index is 12.0. The zero-order valence-electron chi connectivity index (χ0n) is 14.0. The van der Waals surface area contributed by atoms with Crippen molar-refractivity contribution in [2.75, 3.05) is 7.11 Å². The van der Waals surface area contributed by atoms with Gasteiger partial charge in [-0.25, -0.2) is 0 Å². The number of Topliss-reactive ketones (excluding diaryl/α,β-unsaturated/α-hetero) is 1. The van der Waals surface area contributed by atoms with Gasteiger partial charge in [0, 0.05) is 5.92 Å². The van der Waals surface area contributed by atoms with Gasteiger partial charge in [0.2, 0.25) is 0 Å². The number of aryl methyl sites for hydroxylation is 1. The van der Waals surface area contributed by atoms with E-state index in [1.807, 2.05) is 0 Å². The topological polar surface area (TPSA) is 46.5 Å². The molecule has 0 bridgehead atoms. The minimum atomic E-state index is -0.418. The smallest absolute Gasteiger partial charge is 0.135 e. The number of aliphatic hydroxyl groups is 1. The van der Waals surface area contributed by atoms with Crippen LogP contribution in [-0.4, -0.2) is 24.1 Å². The molecule has 0 aliphatic heterocycles. The van der Waals surface area contributed by atoms with E-state index in [-0.39, 0.29) is 11.7 Å². The lowest BCUT2D eigenvalue weighted by Crippen LogP contribution is -2.37. The Morgan fingerprint density at radius 3 is 2.74 bits per heavy atom. The van der Waals surface area contributed by atoms with Gasteiger partial charge in [-0.3, -0.25) is 4.79 Å². The number of carbonyl (C=O) groups is 1. The molecule has 2 fully saturated rings. The summed E-state index contributed by atoms with van der Waals surface area (Å²) >= 11 is 0. The second-order valence-electron chi connectivity index (χ2n) is 7.72. The molecule has 23 heavy (non-hydrogen) atoms. The van der Waals surface area contributed by atoms with Crippen LogP contribution in [0.25, 0.3) is 0 Å². The Hall–Kier alpha value is -1.35. The van der Waals surface area contributed by atoms with Crippen molar-refractivity contribution in [3.8, 4) is 5.75 Å². The molecule has 2 saturated carbocycles. The summed E-state index contributed by atoms with van der Waals surface area (Å²) in [6.07, 6.45) is 4.92. The van der Waals surface area contributed by atoms with E-state index in [2.05, 4.69) is 18.2 Å². The monoisotopic (exact) mass is 314 g/mol. The molecule has 124 valence electrons. The van der Waals surface area contributed by atoms with Crippen LogP contribution >= 0.6 is 0 Å². The van der Waals surface area contributed by atoms with E-state index in [0.717, 1.165) is 31.4 Å². The third-order valence-corrected chi connectivity index (χ3v) is 6.78. The molecule has 1 unspecified atom stereocenters. The maximum Gasteiger partial charge on any atom is 0.135 e. The first-order valence-electron chi connectivity index (χ1n) is 8.95. The van der Waals surface area contributed by atoms with Gasteiger partial charge in [0.25, 0.3) is 0 Å². The summed E-state index contributed by atoms with van der Waals surface area (Å²) in [6.45, 7) is 1.66. The molecule has 3 nitrogen and oxygen atoms in total. The van der Waals surface area contributed by atoms with E-state index in [4.69, 9.17) is 4.74 Å². The van der Waals surface area contributed by atoms with Gasteiger partial charge in [0.15, 0.2) is 0 Å². The van der Waals surface area contributed by atoms with Crippen LogP contribution in [-0.2, 0) is 11.2 Å². The van der Waals surface area contributed by atoms with Crippen LogP contribution in [0.1, 0.15) is 49.7 Å². The van der Waals surface area contributed by atoms with Crippen LogP contribution in [0, 0.1) is 23.7 Å². The first-order valence-corrected chi connectivity index (χ1v) is 8.95. The largest absolute Gasteiger partial charge is 0.497 e. The molecule has 3 aliphatic rings. The van der Waals surface area contributed by atoms with Crippen LogP contribution in [0.15, 0.2) is 18.2 Å². The fraction of sp³-hybridized carbons (Fsp3) is 0.650. The van der Waals surface area contributed by atoms with Crippen molar-refractivity contribution in [3.63, 3.8) is 0 Å². The van der Waals surface area contributed by atoms with Crippen molar-refractivity contribution < 1.29 is 14.6 Å². The van der Waals surface area contributed by atoms with Gasteiger partial charge in [-0.05, 0) is 86.0 Å². The lowest BCUT2D eigenvalue weighted by Gasteiger charge is -2.44. The zero-order chi connectivity index (χ0) is 16.1. The van der Waals surface area contributed by atoms with E-state index in [9.17, 15) is 9.90 Å². The number of benzene rings is 1. The highest BCUT2D eigenvalue weighted by Gasteiger charge is 2.52. The first-order chi connectivity index (χ1) is 11.1. The van der Waals surface area contributed by atoms with Crippen molar-refractivity contribution in [3.05, 3.63) is 29.3 Å². The van der Waals surface area contributed by atoms with Crippen LogP contribution in [0.4, 0.5) is 0 Å². The van der Waals surface area contributed by atoms with Gasteiger partial charge >= 0.3 is 0 Å². The molecule has 0 radical (unpaired) electrons. The first kappa shape index (κ1) is 15.2. The summed E-state index contributed by atoms with van der Waals surface area (Å²) in [5, 5.41) is 10.4. The predicted octanol–water partition coefficient (Wildman–Crippen LogP) is 3.34. The molecule has 1 aromatic carbocycles. The lowest BCUT2D eigenvalue weighted by atomic mass is 9.60. The second kappa shape index (κ2) is 5.62. The zero-order valence-corrected chi connectivity index (χ0v) is 14.0. The van der Waals surface area contributed by atoms with E-state index in [1.165, 1.54) is 17.5 Å². The molecule has 0 heterocycles. The number of ether oxygens (including phenoxy) is 1.